The van der Waals surface area contributed by atoms with Gasteiger partial charge in [-0.25, -0.2) is 0 Å². The molecule has 1 saturated heterocycles. The van der Waals surface area contributed by atoms with E-state index in [-0.39, 0.29) is 18.4 Å². The molecule has 0 aromatic heterocycles. The average molecular weight is 276 g/mol. The number of amides is 1. The maximum absolute atomic E-state index is 12.1. The molecule has 0 radical (unpaired) electrons. The Morgan fingerprint density at radius 1 is 1.40 bits per heavy atom. The number of hydrogen-bond acceptors (Lipinski definition) is 3. The molecule has 1 aliphatic rings. The number of nitrogens with zero attached hydrogens (tertiary/aromatic N) is 2. The summed E-state index contributed by atoms with van der Waals surface area (Å²) in [4.78, 5) is 26.9. The largest absolute Gasteiger partial charge is 0.481 e. The van der Waals surface area contributed by atoms with Gasteiger partial charge in [-0.05, 0) is 19.7 Å². The number of hydrogen-bond donors (Lipinski definition) is 1. The van der Waals surface area contributed by atoms with E-state index < -0.39 is 11.9 Å². The lowest BCUT2D eigenvalue weighted by Crippen LogP contribution is -2.37. The highest BCUT2D eigenvalue weighted by Gasteiger charge is 2.38. The van der Waals surface area contributed by atoms with E-state index in [0.717, 1.165) is 5.56 Å². The fraction of sp³-hybridized carbons (Fsp3) is 0.467. The lowest BCUT2D eigenvalue weighted by atomic mass is 10.0. The summed E-state index contributed by atoms with van der Waals surface area (Å²) in [6, 6.07) is 9.68. The minimum absolute atomic E-state index is 0.0758. The third-order valence-corrected chi connectivity index (χ3v) is 3.61. The van der Waals surface area contributed by atoms with E-state index in [0.29, 0.717) is 13.1 Å². The van der Waals surface area contributed by atoms with Gasteiger partial charge in [0.25, 0.3) is 0 Å². The number of benzene rings is 1. The van der Waals surface area contributed by atoms with Crippen molar-refractivity contribution in [1.82, 2.24) is 9.80 Å². The molecular weight excluding hydrogens is 256 g/mol. The minimum atomic E-state index is -0.891. The molecule has 0 saturated carbocycles. The maximum atomic E-state index is 12.1. The topological polar surface area (TPSA) is 60.9 Å². The molecule has 5 nitrogen and oxygen atoms in total. The van der Waals surface area contributed by atoms with Crippen LogP contribution in [0, 0.1) is 5.92 Å². The van der Waals surface area contributed by atoms with Gasteiger partial charge in [0.15, 0.2) is 0 Å². The van der Waals surface area contributed by atoms with Gasteiger partial charge in [0, 0.05) is 19.5 Å². The van der Waals surface area contributed by atoms with Gasteiger partial charge in [0.05, 0.1) is 12.0 Å². The number of likely N-dealkylation sites (N-methyl/N-ethyl adjacent to an activating group) is 1. The average Bonchev–Trinajstić information content (AvgIpc) is 2.79. The highest BCUT2D eigenvalue weighted by Crippen LogP contribution is 2.29. The molecule has 0 bridgehead atoms. The summed E-state index contributed by atoms with van der Waals surface area (Å²) in [6.07, 6.45) is 0.103. The third kappa shape index (κ3) is 3.17. The molecule has 2 unspecified atom stereocenters. The van der Waals surface area contributed by atoms with Crippen molar-refractivity contribution in [2.24, 2.45) is 5.92 Å². The Labute approximate surface area is 118 Å². The lowest BCUT2D eigenvalue weighted by Gasteiger charge is -2.30. The van der Waals surface area contributed by atoms with Crippen LogP contribution >= 0.6 is 0 Å². The maximum Gasteiger partial charge on any atom is 0.308 e. The number of carbonyl (C=O) groups excluding carboxylic acids is 1. The number of aliphatic carboxylic acids is 1. The van der Waals surface area contributed by atoms with Crippen LogP contribution in [0.1, 0.15) is 18.0 Å². The molecule has 2 rings (SSSR count). The smallest absolute Gasteiger partial charge is 0.308 e. The standard InChI is InChI=1S/C15H20N2O3/c1-16(2)10-13(11-6-4-3-5-7-11)17-9-12(15(19)20)8-14(17)18/h3-7,12-13H,8-10H2,1-2H3,(H,19,20). The van der Waals surface area contributed by atoms with Gasteiger partial charge in [0.2, 0.25) is 5.91 Å². The first kappa shape index (κ1) is 14.5. The molecule has 1 fully saturated rings. The Morgan fingerprint density at radius 3 is 2.55 bits per heavy atom. The van der Waals surface area contributed by atoms with Gasteiger partial charge in [-0.15, -0.1) is 0 Å². The number of likely N-dealkylation sites (tertiary alicyclic amines) is 1. The second-order valence-corrected chi connectivity index (χ2v) is 5.47. The van der Waals surface area contributed by atoms with Crippen LogP contribution in [0.2, 0.25) is 0 Å². The number of carboxylic acids is 1. The molecule has 1 heterocycles. The molecule has 1 aromatic rings. The van der Waals surface area contributed by atoms with Gasteiger partial charge in [-0.1, -0.05) is 30.3 Å². The van der Waals surface area contributed by atoms with Crippen LogP contribution in [0.4, 0.5) is 0 Å². The van der Waals surface area contributed by atoms with E-state index in [4.69, 9.17) is 5.11 Å². The molecule has 1 aromatic carbocycles. The Hall–Kier alpha value is -1.88. The highest BCUT2D eigenvalue weighted by atomic mass is 16.4. The Balaban J connectivity index is 2.24. The van der Waals surface area contributed by atoms with Crippen LogP contribution in [0.15, 0.2) is 30.3 Å². The molecular formula is C15H20N2O3. The van der Waals surface area contributed by atoms with Gasteiger partial charge >= 0.3 is 5.97 Å². The second-order valence-electron chi connectivity index (χ2n) is 5.47. The quantitative estimate of drug-likeness (QED) is 0.878. The van der Waals surface area contributed by atoms with E-state index >= 15 is 0 Å². The molecule has 20 heavy (non-hydrogen) atoms. The minimum Gasteiger partial charge on any atom is -0.481 e. The van der Waals surface area contributed by atoms with Crippen molar-refractivity contribution in [3.05, 3.63) is 35.9 Å². The van der Waals surface area contributed by atoms with Crippen molar-refractivity contribution in [3.8, 4) is 0 Å². The van der Waals surface area contributed by atoms with E-state index in [1.54, 1.807) is 4.90 Å². The Morgan fingerprint density at radius 2 is 2.05 bits per heavy atom. The van der Waals surface area contributed by atoms with Crippen molar-refractivity contribution < 1.29 is 14.7 Å². The first-order chi connectivity index (χ1) is 9.49. The summed E-state index contributed by atoms with van der Waals surface area (Å²) in [6.45, 7) is 0.976. The van der Waals surface area contributed by atoms with Crippen LogP contribution < -0.4 is 0 Å². The number of carbonyl (C=O) groups is 2. The number of rotatable bonds is 5. The first-order valence-electron chi connectivity index (χ1n) is 6.71. The van der Waals surface area contributed by atoms with Crippen LogP contribution in [-0.2, 0) is 9.59 Å². The van der Waals surface area contributed by atoms with Gasteiger partial charge in [-0.2, -0.15) is 0 Å². The molecule has 5 heteroatoms. The highest BCUT2D eigenvalue weighted by molar-refractivity contribution is 5.86. The lowest BCUT2D eigenvalue weighted by molar-refractivity contribution is -0.141. The van der Waals surface area contributed by atoms with Crippen LogP contribution in [0.5, 0.6) is 0 Å². The van der Waals surface area contributed by atoms with Crippen LogP contribution in [0.25, 0.3) is 0 Å². The summed E-state index contributed by atoms with van der Waals surface area (Å²) in [5, 5.41) is 9.09. The predicted molar refractivity (Wildman–Crippen MR) is 75.2 cm³/mol. The Bertz CT molecular complexity index is 487. The molecule has 108 valence electrons. The van der Waals surface area contributed by atoms with Gasteiger partial charge < -0.3 is 14.9 Å². The van der Waals surface area contributed by atoms with Crippen LogP contribution in [-0.4, -0.2) is 54.0 Å². The van der Waals surface area contributed by atoms with Crippen molar-refractivity contribution in [1.29, 1.82) is 0 Å². The second kappa shape index (κ2) is 6.05. The SMILES string of the molecule is CN(C)CC(c1ccccc1)N1CC(C(=O)O)CC1=O. The molecule has 2 atom stereocenters. The molecule has 0 spiro atoms. The zero-order valence-corrected chi connectivity index (χ0v) is 11.8. The summed E-state index contributed by atoms with van der Waals surface area (Å²) in [7, 11) is 3.90. The normalized spacial score (nSPS) is 20.4. The predicted octanol–water partition coefficient (Wildman–Crippen LogP) is 1.22. The monoisotopic (exact) mass is 276 g/mol. The molecule has 1 N–H and O–H groups in total. The molecule has 1 amide bonds. The third-order valence-electron chi connectivity index (χ3n) is 3.61. The van der Waals surface area contributed by atoms with Crippen molar-refractivity contribution in [3.63, 3.8) is 0 Å². The van der Waals surface area contributed by atoms with Crippen LogP contribution in [0.3, 0.4) is 0 Å². The van der Waals surface area contributed by atoms with E-state index in [1.807, 2.05) is 49.3 Å². The fourth-order valence-electron chi connectivity index (χ4n) is 2.60. The van der Waals surface area contributed by atoms with E-state index in [2.05, 4.69) is 0 Å². The van der Waals surface area contributed by atoms with Crippen molar-refractivity contribution >= 4 is 11.9 Å². The fourth-order valence-corrected chi connectivity index (χ4v) is 2.60. The summed E-state index contributed by atoms with van der Waals surface area (Å²) in [5.41, 5.74) is 1.04. The summed E-state index contributed by atoms with van der Waals surface area (Å²) < 4.78 is 0. The first-order valence-corrected chi connectivity index (χ1v) is 6.71. The molecule has 0 aliphatic carbocycles. The summed E-state index contributed by atoms with van der Waals surface area (Å²) in [5.74, 6) is -1.55. The summed E-state index contributed by atoms with van der Waals surface area (Å²) >= 11 is 0. The zero-order valence-electron chi connectivity index (χ0n) is 11.8. The molecule has 1 aliphatic heterocycles. The Kier molecular flexibility index (Phi) is 4.39. The van der Waals surface area contributed by atoms with E-state index in [1.165, 1.54) is 0 Å². The van der Waals surface area contributed by atoms with E-state index in [9.17, 15) is 9.59 Å². The van der Waals surface area contributed by atoms with Crippen molar-refractivity contribution in [2.75, 3.05) is 27.2 Å². The van der Waals surface area contributed by atoms with Crippen molar-refractivity contribution in [2.45, 2.75) is 12.5 Å². The van der Waals surface area contributed by atoms with Gasteiger partial charge in [0.1, 0.15) is 0 Å². The zero-order chi connectivity index (χ0) is 14.7. The number of carboxylic acid groups (broad SMARTS) is 1. The van der Waals surface area contributed by atoms with Gasteiger partial charge in [-0.3, -0.25) is 9.59 Å².